The Kier molecular flexibility index (Phi) is 16.8. The highest BCUT2D eigenvalue weighted by molar-refractivity contribution is 4.87. The zero-order valence-corrected chi connectivity index (χ0v) is 18.6. The first-order chi connectivity index (χ1) is 14.2. The fraction of sp³-hybridized carbons (Fsp3) is 0.917. The minimum Gasteiger partial charge on any atom is -0.394 e. The molecular weight excluding hydrogens is 368 g/mol. The lowest BCUT2D eigenvalue weighted by Gasteiger charge is -2.36. The standard InChI is InChI=1S/C24H46O5/c1-2-3-4-5-6-7-8-9-10-11-12-13-14-15-16-17-18-28-22-20-29-21(19-25)23(26)24(22)27/h6-7,21-27H,2-5,8-20H2,1H3/b7-6+/t21-,22+,23-,24-/m1/s1. The van der Waals surface area contributed by atoms with Gasteiger partial charge in [0, 0.05) is 6.61 Å². The van der Waals surface area contributed by atoms with Crippen molar-refractivity contribution in [2.24, 2.45) is 0 Å². The average molecular weight is 415 g/mol. The average Bonchev–Trinajstić information content (AvgIpc) is 2.73. The molecule has 0 saturated carbocycles. The molecule has 0 aromatic carbocycles. The van der Waals surface area contributed by atoms with Crippen molar-refractivity contribution in [2.45, 2.75) is 121 Å². The van der Waals surface area contributed by atoms with E-state index in [0.717, 1.165) is 12.8 Å². The maximum atomic E-state index is 10.0. The fourth-order valence-corrected chi connectivity index (χ4v) is 3.75. The lowest BCUT2D eigenvalue weighted by Crippen LogP contribution is -2.55. The molecule has 1 aliphatic rings. The monoisotopic (exact) mass is 414 g/mol. The van der Waals surface area contributed by atoms with Crippen molar-refractivity contribution >= 4 is 0 Å². The Hall–Kier alpha value is -0.460. The van der Waals surface area contributed by atoms with Gasteiger partial charge in [0.25, 0.3) is 0 Å². The molecule has 0 aliphatic carbocycles. The molecule has 29 heavy (non-hydrogen) atoms. The van der Waals surface area contributed by atoms with Gasteiger partial charge in [-0.2, -0.15) is 0 Å². The molecule has 4 atom stereocenters. The molecule has 0 aromatic heterocycles. The van der Waals surface area contributed by atoms with Crippen molar-refractivity contribution in [2.75, 3.05) is 19.8 Å². The second-order valence-corrected chi connectivity index (χ2v) is 8.38. The van der Waals surface area contributed by atoms with Crippen molar-refractivity contribution < 1.29 is 24.8 Å². The van der Waals surface area contributed by atoms with Crippen LogP contribution in [0.4, 0.5) is 0 Å². The van der Waals surface area contributed by atoms with Crippen LogP contribution in [0.1, 0.15) is 96.8 Å². The Bertz CT molecular complexity index is 387. The molecule has 1 rings (SSSR count). The van der Waals surface area contributed by atoms with Crippen LogP contribution in [0, 0.1) is 0 Å². The summed E-state index contributed by atoms with van der Waals surface area (Å²) in [6.07, 6.45) is 19.2. The van der Waals surface area contributed by atoms with Gasteiger partial charge in [-0.1, -0.05) is 76.9 Å². The Morgan fingerprint density at radius 2 is 1.34 bits per heavy atom. The van der Waals surface area contributed by atoms with Crippen LogP contribution in [0.25, 0.3) is 0 Å². The van der Waals surface area contributed by atoms with Crippen molar-refractivity contribution in [3.8, 4) is 0 Å². The van der Waals surface area contributed by atoms with Crippen molar-refractivity contribution in [1.29, 1.82) is 0 Å². The van der Waals surface area contributed by atoms with Gasteiger partial charge in [0.1, 0.15) is 24.4 Å². The molecule has 1 aliphatic heterocycles. The maximum Gasteiger partial charge on any atom is 0.111 e. The summed E-state index contributed by atoms with van der Waals surface area (Å²) in [7, 11) is 0. The number of allylic oxidation sites excluding steroid dienone is 2. The molecule has 0 aromatic rings. The van der Waals surface area contributed by atoms with Gasteiger partial charge >= 0.3 is 0 Å². The SMILES string of the molecule is CCCCC/C=C/CCCCCCCCCCCO[C@H]1CO[C@H](CO)[C@@H](O)[C@@H]1O. The number of hydrogen-bond donors (Lipinski definition) is 3. The molecule has 0 bridgehead atoms. The van der Waals surface area contributed by atoms with Gasteiger partial charge in [-0.05, 0) is 32.1 Å². The van der Waals surface area contributed by atoms with Gasteiger partial charge in [0.2, 0.25) is 0 Å². The second-order valence-electron chi connectivity index (χ2n) is 8.38. The quantitative estimate of drug-likeness (QED) is 0.227. The first-order valence-corrected chi connectivity index (χ1v) is 12.1. The van der Waals surface area contributed by atoms with E-state index in [1.54, 1.807) is 0 Å². The molecule has 172 valence electrons. The minimum atomic E-state index is -1.08. The van der Waals surface area contributed by atoms with Crippen LogP contribution in [0.15, 0.2) is 12.2 Å². The predicted molar refractivity (Wildman–Crippen MR) is 118 cm³/mol. The molecule has 1 saturated heterocycles. The molecule has 3 N–H and O–H groups in total. The second kappa shape index (κ2) is 18.3. The number of aliphatic hydroxyl groups is 3. The zero-order chi connectivity index (χ0) is 21.2. The van der Waals surface area contributed by atoms with E-state index in [9.17, 15) is 10.2 Å². The van der Waals surface area contributed by atoms with Gasteiger partial charge in [-0.3, -0.25) is 0 Å². The molecule has 0 unspecified atom stereocenters. The third-order valence-electron chi connectivity index (χ3n) is 5.75. The summed E-state index contributed by atoms with van der Waals surface area (Å²) in [4.78, 5) is 0. The lowest BCUT2D eigenvalue weighted by atomic mass is 10.0. The summed E-state index contributed by atoms with van der Waals surface area (Å²) < 4.78 is 11.0. The third-order valence-corrected chi connectivity index (χ3v) is 5.75. The first kappa shape index (κ1) is 26.6. The van der Waals surface area contributed by atoms with Crippen LogP contribution in [0.3, 0.4) is 0 Å². The fourth-order valence-electron chi connectivity index (χ4n) is 3.75. The van der Waals surface area contributed by atoms with E-state index in [0.29, 0.717) is 6.61 Å². The largest absolute Gasteiger partial charge is 0.394 e. The van der Waals surface area contributed by atoms with E-state index >= 15 is 0 Å². The molecular formula is C24H46O5. The van der Waals surface area contributed by atoms with Gasteiger partial charge < -0.3 is 24.8 Å². The van der Waals surface area contributed by atoms with E-state index in [-0.39, 0.29) is 13.2 Å². The Labute approximate surface area is 178 Å². The van der Waals surface area contributed by atoms with E-state index in [1.165, 1.54) is 77.0 Å². The normalized spacial score (nSPS) is 25.1. The summed E-state index contributed by atoms with van der Waals surface area (Å²) in [6, 6.07) is 0. The van der Waals surface area contributed by atoms with Crippen LogP contribution in [-0.4, -0.2) is 59.6 Å². The Balaban J connectivity index is 1.82. The van der Waals surface area contributed by atoms with E-state index < -0.39 is 24.4 Å². The summed E-state index contributed by atoms with van der Waals surface area (Å²) in [6.45, 7) is 2.76. The highest BCUT2D eigenvalue weighted by Crippen LogP contribution is 2.18. The van der Waals surface area contributed by atoms with E-state index in [4.69, 9.17) is 14.6 Å². The van der Waals surface area contributed by atoms with Crippen LogP contribution in [0.5, 0.6) is 0 Å². The van der Waals surface area contributed by atoms with E-state index in [1.807, 2.05) is 0 Å². The maximum absolute atomic E-state index is 10.0. The zero-order valence-electron chi connectivity index (χ0n) is 18.6. The minimum absolute atomic E-state index is 0.220. The predicted octanol–water partition coefficient (Wildman–Crippen LogP) is 4.52. The number of hydrogen-bond acceptors (Lipinski definition) is 5. The Morgan fingerprint density at radius 1 is 0.793 bits per heavy atom. The number of rotatable bonds is 18. The van der Waals surface area contributed by atoms with Crippen molar-refractivity contribution in [3.05, 3.63) is 12.2 Å². The molecule has 5 nitrogen and oxygen atoms in total. The third kappa shape index (κ3) is 12.7. The molecule has 1 fully saturated rings. The van der Waals surface area contributed by atoms with Crippen LogP contribution in [-0.2, 0) is 9.47 Å². The number of aliphatic hydroxyl groups excluding tert-OH is 3. The Morgan fingerprint density at radius 3 is 1.93 bits per heavy atom. The molecule has 0 amide bonds. The van der Waals surface area contributed by atoms with Crippen molar-refractivity contribution in [3.63, 3.8) is 0 Å². The molecule has 0 radical (unpaired) electrons. The number of unbranched alkanes of at least 4 members (excludes halogenated alkanes) is 12. The topological polar surface area (TPSA) is 79.2 Å². The van der Waals surface area contributed by atoms with Crippen LogP contribution < -0.4 is 0 Å². The number of ether oxygens (including phenoxy) is 2. The smallest absolute Gasteiger partial charge is 0.111 e. The first-order valence-electron chi connectivity index (χ1n) is 12.1. The van der Waals surface area contributed by atoms with Crippen molar-refractivity contribution in [1.82, 2.24) is 0 Å². The van der Waals surface area contributed by atoms with Crippen LogP contribution >= 0.6 is 0 Å². The highest BCUT2D eigenvalue weighted by atomic mass is 16.6. The summed E-state index contributed by atoms with van der Waals surface area (Å²) in [5, 5.41) is 28.9. The van der Waals surface area contributed by atoms with Gasteiger partial charge in [-0.15, -0.1) is 0 Å². The van der Waals surface area contributed by atoms with Crippen LogP contribution in [0.2, 0.25) is 0 Å². The van der Waals surface area contributed by atoms with Gasteiger partial charge in [0.05, 0.1) is 13.2 Å². The van der Waals surface area contributed by atoms with E-state index in [2.05, 4.69) is 19.1 Å². The highest BCUT2D eigenvalue weighted by Gasteiger charge is 2.38. The summed E-state index contributed by atoms with van der Waals surface area (Å²) >= 11 is 0. The molecule has 0 spiro atoms. The lowest BCUT2D eigenvalue weighted by molar-refractivity contribution is -0.208. The molecule has 5 heteroatoms. The summed E-state index contributed by atoms with van der Waals surface area (Å²) in [5.41, 5.74) is 0. The molecule has 1 heterocycles. The van der Waals surface area contributed by atoms with Gasteiger partial charge in [0.15, 0.2) is 0 Å². The summed E-state index contributed by atoms with van der Waals surface area (Å²) in [5.74, 6) is 0. The van der Waals surface area contributed by atoms with Gasteiger partial charge in [-0.25, -0.2) is 0 Å².